The van der Waals surface area contributed by atoms with E-state index in [0.717, 1.165) is 0 Å². The second-order valence-electron chi connectivity index (χ2n) is 4.29. The maximum Gasteiger partial charge on any atom is 0.352 e. The predicted molar refractivity (Wildman–Crippen MR) is 109 cm³/mol. The molecule has 0 atom stereocenters. The van der Waals surface area contributed by atoms with E-state index < -0.39 is 5.97 Å². The van der Waals surface area contributed by atoms with Gasteiger partial charge in [-0.05, 0) is 78.6 Å². The van der Waals surface area contributed by atoms with Crippen molar-refractivity contribution in [1.29, 1.82) is 0 Å². The minimum atomic E-state index is -0.650. The van der Waals surface area contributed by atoms with Gasteiger partial charge in [0, 0.05) is 47.4 Å². The molecule has 0 heterocycles. The molecule has 29 heavy (non-hydrogen) atoms. The second-order valence-corrected chi connectivity index (χ2v) is 4.29. The monoisotopic (exact) mass is 368 g/mol. The molecule has 1 aromatic carbocycles. The third-order valence-electron chi connectivity index (χ3n) is 2.36. The number of aromatic hydroxyl groups is 1. The lowest BCUT2D eigenvalue weighted by Gasteiger charge is -1.96. The summed E-state index contributed by atoms with van der Waals surface area (Å²) in [5.41, 5.74) is 0.258. The van der Waals surface area contributed by atoms with Gasteiger partial charge in [0.2, 0.25) is 0 Å². The van der Waals surface area contributed by atoms with Crippen LogP contribution in [0.25, 0.3) is 0 Å². The Morgan fingerprint density at radius 3 is 1.45 bits per heavy atom. The normalized spacial score (nSPS) is 5.97. The van der Waals surface area contributed by atoms with E-state index in [1.54, 1.807) is 6.92 Å². The van der Waals surface area contributed by atoms with Crippen LogP contribution < -0.4 is 0 Å². The van der Waals surface area contributed by atoms with Gasteiger partial charge in [-0.1, -0.05) is 5.92 Å². The van der Waals surface area contributed by atoms with E-state index in [4.69, 9.17) is 5.11 Å². The van der Waals surface area contributed by atoms with E-state index >= 15 is 0 Å². The summed E-state index contributed by atoms with van der Waals surface area (Å²) in [6.45, 7) is 1.69. The lowest BCUT2D eigenvalue weighted by atomic mass is 10.2. The Kier molecular flexibility index (Phi) is 11.0. The van der Waals surface area contributed by atoms with E-state index in [2.05, 4.69) is 111 Å². The fourth-order valence-electron chi connectivity index (χ4n) is 1.25. The third kappa shape index (κ3) is 11.7. The number of benzene rings is 1. The average Bonchev–Trinajstić information content (AvgIpc) is 2.73. The number of hydrogen-bond acceptors (Lipinski definition) is 3. The van der Waals surface area contributed by atoms with Crippen LogP contribution in [0.5, 0.6) is 5.75 Å². The Hall–Kier alpha value is -5.47. The van der Waals surface area contributed by atoms with Crippen LogP contribution in [0, 0.1) is 107 Å². The maximum atomic E-state index is 11.6. The van der Waals surface area contributed by atoms with Gasteiger partial charge in [-0.25, -0.2) is 4.79 Å². The molecule has 1 aromatic rings. The van der Waals surface area contributed by atoms with Crippen LogP contribution in [0.2, 0.25) is 0 Å². The molecule has 1 rings (SSSR count). The van der Waals surface area contributed by atoms with Crippen LogP contribution in [0.15, 0.2) is 24.3 Å². The largest absolute Gasteiger partial charge is 0.508 e. The molecule has 3 nitrogen and oxygen atoms in total. The molecule has 1 N–H and O–H groups in total. The highest BCUT2D eigenvalue weighted by Crippen LogP contribution is 2.10. The van der Waals surface area contributed by atoms with Gasteiger partial charge in [0.1, 0.15) is 11.9 Å². The molecular formula is C26H8O3. The molecule has 0 amide bonds. The van der Waals surface area contributed by atoms with Crippen molar-refractivity contribution in [1.82, 2.24) is 0 Å². The number of carbonyl (C=O) groups is 1. The van der Waals surface area contributed by atoms with Gasteiger partial charge in [0.15, 0.2) is 0 Å². The summed E-state index contributed by atoms with van der Waals surface area (Å²) in [6, 6.07) is 5.56. The lowest BCUT2D eigenvalue weighted by Crippen LogP contribution is -1.99. The number of ether oxygens (including phenoxy) is 1. The number of hydrogen-bond donors (Lipinski definition) is 1. The predicted octanol–water partition coefficient (Wildman–Crippen LogP) is 1.56. The summed E-state index contributed by atoms with van der Waals surface area (Å²) < 4.78 is 4.68. The Morgan fingerprint density at radius 1 is 0.655 bits per heavy atom. The fourth-order valence-corrected chi connectivity index (χ4v) is 1.25. The first-order chi connectivity index (χ1) is 14.2. The molecule has 0 saturated carbocycles. The van der Waals surface area contributed by atoms with Gasteiger partial charge in [-0.2, -0.15) is 0 Å². The summed E-state index contributed by atoms with van der Waals surface area (Å²) in [5.74, 6) is 41.5. The molecule has 0 radical (unpaired) electrons. The zero-order chi connectivity index (χ0) is 21.0. The number of esters is 1. The van der Waals surface area contributed by atoms with E-state index in [0.29, 0.717) is 0 Å². The molecule has 130 valence electrons. The number of carbonyl (C=O) groups excluding carboxylic acids is 1. The van der Waals surface area contributed by atoms with Crippen LogP contribution in [-0.4, -0.2) is 11.1 Å². The van der Waals surface area contributed by atoms with Crippen LogP contribution in [0.1, 0.15) is 17.3 Å². The maximum absolute atomic E-state index is 11.6. The molecule has 0 aliphatic carbocycles. The Morgan fingerprint density at radius 2 is 1.03 bits per heavy atom. The molecule has 0 saturated heterocycles. The fraction of sp³-hybridized carbons (Fsp3) is 0.0385. The van der Waals surface area contributed by atoms with E-state index in [9.17, 15) is 4.79 Å². The molecule has 0 aromatic heterocycles. The molecular weight excluding hydrogens is 360 g/mol. The minimum absolute atomic E-state index is 0.0490. The molecule has 3 heteroatoms. The summed E-state index contributed by atoms with van der Waals surface area (Å²) in [4.78, 5) is 11.6. The molecule has 0 bridgehead atoms. The van der Waals surface area contributed by atoms with Crippen molar-refractivity contribution in [3.05, 3.63) is 29.8 Å². The zero-order valence-electron chi connectivity index (χ0n) is 15.1. The standard InChI is InChI=1S/C26H8O3/c1-2-3-4-5-6-7-8-9-10-11-12-13-14-15-16-17-18-23-29-26(28)24-19-21-25(27)22-20-24/h19-22,27H,1H3. The van der Waals surface area contributed by atoms with Crippen molar-refractivity contribution in [2.24, 2.45) is 0 Å². The number of rotatable bonds is 1. The molecule has 0 spiro atoms. The van der Waals surface area contributed by atoms with Crippen LogP contribution in [0.3, 0.4) is 0 Å². The summed E-state index contributed by atoms with van der Waals surface area (Å²) in [7, 11) is 0. The van der Waals surface area contributed by atoms with Gasteiger partial charge in [-0.3, -0.25) is 0 Å². The molecule has 0 aliphatic heterocycles. The topological polar surface area (TPSA) is 46.5 Å². The van der Waals surface area contributed by atoms with E-state index in [1.165, 1.54) is 24.3 Å². The second kappa shape index (κ2) is 14.8. The van der Waals surface area contributed by atoms with Crippen molar-refractivity contribution in [3.8, 4) is 113 Å². The van der Waals surface area contributed by atoms with Crippen molar-refractivity contribution in [2.45, 2.75) is 6.92 Å². The van der Waals surface area contributed by atoms with Crippen molar-refractivity contribution >= 4 is 5.97 Å². The SMILES string of the molecule is CC#CC#CC#CC#CC#CC#CC#CC#CC#COC(=O)c1ccc(O)cc1. The Bertz CT molecular complexity index is 1340. The van der Waals surface area contributed by atoms with Gasteiger partial charge >= 0.3 is 5.97 Å². The highest BCUT2D eigenvalue weighted by molar-refractivity contribution is 5.90. The Balaban J connectivity index is 2.43. The smallest absolute Gasteiger partial charge is 0.352 e. The summed E-state index contributed by atoms with van der Waals surface area (Å²) >= 11 is 0. The first-order valence-corrected chi connectivity index (χ1v) is 7.66. The molecule has 0 aliphatic rings. The van der Waals surface area contributed by atoms with Crippen LogP contribution in [-0.2, 0) is 4.74 Å². The summed E-state index contributed by atoms with van der Waals surface area (Å²) in [5, 5.41) is 9.13. The van der Waals surface area contributed by atoms with Crippen molar-refractivity contribution in [2.75, 3.05) is 0 Å². The van der Waals surface area contributed by atoms with Crippen LogP contribution >= 0.6 is 0 Å². The minimum Gasteiger partial charge on any atom is -0.508 e. The van der Waals surface area contributed by atoms with E-state index in [1.807, 2.05) is 0 Å². The Labute approximate surface area is 170 Å². The van der Waals surface area contributed by atoms with Crippen LogP contribution in [0.4, 0.5) is 0 Å². The quantitative estimate of drug-likeness (QED) is 0.605. The van der Waals surface area contributed by atoms with E-state index in [-0.39, 0.29) is 11.3 Å². The van der Waals surface area contributed by atoms with Gasteiger partial charge < -0.3 is 9.84 Å². The molecule has 0 unspecified atom stereocenters. The van der Waals surface area contributed by atoms with Crippen molar-refractivity contribution in [3.63, 3.8) is 0 Å². The average molecular weight is 368 g/mol. The van der Waals surface area contributed by atoms with Gasteiger partial charge in [0.05, 0.1) is 5.56 Å². The summed E-state index contributed by atoms with van der Waals surface area (Å²) in [6.07, 6.45) is 2.14. The first-order valence-electron chi connectivity index (χ1n) is 7.66. The van der Waals surface area contributed by atoms with Gasteiger partial charge in [-0.15, -0.1) is 0 Å². The third-order valence-corrected chi connectivity index (χ3v) is 2.36. The zero-order valence-corrected chi connectivity index (χ0v) is 15.1. The lowest BCUT2D eigenvalue weighted by molar-refractivity contribution is 0.0690. The highest BCUT2D eigenvalue weighted by Gasteiger charge is 2.04. The number of phenolic OH excluding ortho intramolecular Hbond substituents is 1. The highest BCUT2D eigenvalue weighted by atomic mass is 16.5. The van der Waals surface area contributed by atoms with Crippen molar-refractivity contribution < 1.29 is 14.6 Å². The molecule has 0 fully saturated rings. The first kappa shape index (κ1) is 21.6. The van der Waals surface area contributed by atoms with Gasteiger partial charge in [0.25, 0.3) is 0 Å². The number of phenols is 1.